The molecule has 2 heterocycles. The highest BCUT2D eigenvalue weighted by Crippen LogP contribution is 2.41. The van der Waals surface area contributed by atoms with Gasteiger partial charge in [-0.1, -0.05) is 35.3 Å². The van der Waals surface area contributed by atoms with E-state index in [4.69, 9.17) is 42.1 Å². The molecule has 1 fully saturated rings. The number of thioether (sulfide) groups is 1. The highest BCUT2D eigenvalue weighted by atomic mass is 35.5. The molecule has 1 aromatic carbocycles. The lowest BCUT2D eigenvalue weighted by atomic mass is 9.92. The minimum absolute atomic E-state index is 0.546. The largest absolute Gasteiger partial charge is 0.455 e. The molecule has 184 valence electrons. The van der Waals surface area contributed by atoms with Crippen molar-refractivity contribution in [3.05, 3.63) is 55.7 Å². The number of hydrogen-bond donors (Lipinski definition) is 0. The Labute approximate surface area is 216 Å². The van der Waals surface area contributed by atoms with Crippen LogP contribution in [0.1, 0.15) is 42.9 Å². The van der Waals surface area contributed by atoms with E-state index in [0.717, 1.165) is 10.4 Å². The Morgan fingerprint density at radius 2 is 1.56 bits per heavy atom. The standard InChI is InChI=1S/C23H24Cl2O7S2/c1-11(26)29-20-19(32-23(33-4)22(31-13(3)28)21(20)30-12(2)27)14-5-7-17(24)15(9-14)10-16-6-8-18(25)34-16/h5-9,19-23H,10H2,1-4H3/t19?,20-,21+,22-,23+/m0/s1. The molecule has 0 spiro atoms. The Kier molecular flexibility index (Phi) is 9.28. The zero-order valence-corrected chi connectivity index (χ0v) is 22.1. The van der Waals surface area contributed by atoms with Gasteiger partial charge in [-0.2, -0.15) is 0 Å². The normalized spacial score (nSPS) is 24.4. The Morgan fingerprint density at radius 1 is 0.941 bits per heavy atom. The fourth-order valence-corrected chi connectivity index (χ4v) is 5.78. The molecule has 1 saturated heterocycles. The molecule has 0 bridgehead atoms. The quantitative estimate of drug-likeness (QED) is 0.345. The molecule has 1 aliphatic heterocycles. The van der Waals surface area contributed by atoms with Crippen LogP contribution < -0.4 is 0 Å². The summed E-state index contributed by atoms with van der Waals surface area (Å²) in [6.07, 6.45) is -1.58. The maximum absolute atomic E-state index is 12.0. The molecule has 5 atom stereocenters. The molecular weight excluding hydrogens is 523 g/mol. The predicted molar refractivity (Wildman–Crippen MR) is 131 cm³/mol. The van der Waals surface area contributed by atoms with Crippen molar-refractivity contribution in [3.8, 4) is 0 Å². The van der Waals surface area contributed by atoms with E-state index < -0.39 is 47.8 Å². The highest BCUT2D eigenvalue weighted by Gasteiger charge is 2.52. The summed E-state index contributed by atoms with van der Waals surface area (Å²) in [7, 11) is 0. The summed E-state index contributed by atoms with van der Waals surface area (Å²) in [5.41, 5.74) is 0.820. The van der Waals surface area contributed by atoms with Crippen LogP contribution in [0.5, 0.6) is 0 Å². The van der Waals surface area contributed by atoms with E-state index in [0.29, 0.717) is 21.3 Å². The van der Waals surface area contributed by atoms with Crippen LogP contribution in [0.2, 0.25) is 9.36 Å². The van der Waals surface area contributed by atoms with Crippen LogP contribution in [0.15, 0.2) is 30.3 Å². The Hall–Kier alpha value is -1.78. The third kappa shape index (κ3) is 6.66. The van der Waals surface area contributed by atoms with Crippen molar-refractivity contribution in [1.82, 2.24) is 0 Å². The number of thiophene rings is 1. The topological polar surface area (TPSA) is 88.1 Å². The number of rotatable bonds is 7. The number of hydrogen-bond acceptors (Lipinski definition) is 9. The van der Waals surface area contributed by atoms with Gasteiger partial charge in [0.15, 0.2) is 18.3 Å². The molecular formula is C23H24Cl2O7S2. The molecule has 7 nitrogen and oxygen atoms in total. The molecule has 2 aromatic rings. The van der Waals surface area contributed by atoms with E-state index in [-0.39, 0.29) is 0 Å². The lowest BCUT2D eigenvalue weighted by molar-refractivity contribution is -0.233. The Morgan fingerprint density at radius 3 is 2.12 bits per heavy atom. The van der Waals surface area contributed by atoms with Crippen molar-refractivity contribution in [2.24, 2.45) is 0 Å². The maximum Gasteiger partial charge on any atom is 0.303 e. The average molecular weight is 547 g/mol. The smallest absolute Gasteiger partial charge is 0.303 e. The van der Waals surface area contributed by atoms with Gasteiger partial charge in [0.1, 0.15) is 11.5 Å². The van der Waals surface area contributed by atoms with E-state index in [2.05, 4.69) is 0 Å². The summed E-state index contributed by atoms with van der Waals surface area (Å²) in [5, 5.41) is 0.559. The van der Waals surface area contributed by atoms with Gasteiger partial charge in [-0.15, -0.1) is 23.1 Å². The minimum Gasteiger partial charge on any atom is -0.455 e. The SMILES string of the molecule is CS[C@H]1OC(c2ccc(Cl)c(Cc3ccc(Cl)s3)c2)[C@H](OC(C)=O)[C@@H](OC(C)=O)[C@@H]1OC(C)=O. The number of ether oxygens (including phenoxy) is 4. The Bertz CT molecular complexity index is 1060. The fraction of sp³-hybridized carbons (Fsp3) is 0.435. The number of esters is 3. The maximum atomic E-state index is 12.0. The predicted octanol–water partition coefficient (Wildman–Crippen LogP) is 5.20. The first-order chi connectivity index (χ1) is 16.1. The van der Waals surface area contributed by atoms with E-state index in [1.54, 1.807) is 18.4 Å². The van der Waals surface area contributed by atoms with Gasteiger partial charge in [0.05, 0.1) is 4.34 Å². The van der Waals surface area contributed by atoms with Gasteiger partial charge >= 0.3 is 17.9 Å². The first-order valence-corrected chi connectivity index (χ1v) is 13.2. The third-order valence-electron chi connectivity index (χ3n) is 5.03. The van der Waals surface area contributed by atoms with Gasteiger partial charge in [0.2, 0.25) is 0 Å². The monoisotopic (exact) mass is 546 g/mol. The molecule has 34 heavy (non-hydrogen) atoms. The second kappa shape index (κ2) is 11.8. The summed E-state index contributed by atoms with van der Waals surface area (Å²) in [6, 6.07) is 9.12. The summed E-state index contributed by atoms with van der Waals surface area (Å²) in [6.45, 7) is 3.73. The zero-order valence-electron chi connectivity index (χ0n) is 18.9. The van der Waals surface area contributed by atoms with Gasteiger partial charge in [0, 0.05) is 37.1 Å². The molecule has 1 aliphatic rings. The summed E-state index contributed by atoms with van der Waals surface area (Å²) in [5.74, 6) is -1.78. The first-order valence-electron chi connectivity index (χ1n) is 10.3. The van der Waals surface area contributed by atoms with Gasteiger partial charge in [-0.3, -0.25) is 14.4 Å². The van der Waals surface area contributed by atoms with Crippen LogP contribution in [0.25, 0.3) is 0 Å². The molecule has 0 saturated carbocycles. The van der Waals surface area contributed by atoms with Crippen LogP contribution in [-0.4, -0.2) is 47.9 Å². The molecule has 0 amide bonds. The van der Waals surface area contributed by atoms with Gasteiger partial charge in [-0.05, 0) is 35.6 Å². The van der Waals surface area contributed by atoms with E-state index in [9.17, 15) is 14.4 Å². The number of halogens is 2. The number of carbonyl (C=O) groups excluding carboxylic acids is 3. The van der Waals surface area contributed by atoms with Gasteiger partial charge in [-0.25, -0.2) is 0 Å². The molecule has 1 aromatic heterocycles. The third-order valence-corrected chi connectivity index (χ3v) is 7.47. The zero-order chi connectivity index (χ0) is 25.0. The van der Waals surface area contributed by atoms with E-state index >= 15 is 0 Å². The fourth-order valence-electron chi connectivity index (χ4n) is 3.77. The molecule has 1 unspecified atom stereocenters. The van der Waals surface area contributed by atoms with Crippen LogP contribution in [0.3, 0.4) is 0 Å². The van der Waals surface area contributed by atoms with Crippen molar-refractivity contribution >= 4 is 64.2 Å². The molecule has 3 rings (SSSR count). The van der Waals surface area contributed by atoms with Crippen molar-refractivity contribution in [3.63, 3.8) is 0 Å². The van der Waals surface area contributed by atoms with Crippen LogP contribution in [-0.2, 0) is 39.8 Å². The van der Waals surface area contributed by atoms with E-state index in [1.807, 2.05) is 18.2 Å². The van der Waals surface area contributed by atoms with Crippen LogP contribution in [0.4, 0.5) is 0 Å². The molecule has 0 aliphatic carbocycles. The van der Waals surface area contributed by atoms with Crippen molar-refractivity contribution in [1.29, 1.82) is 0 Å². The van der Waals surface area contributed by atoms with E-state index in [1.165, 1.54) is 43.9 Å². The van der Waals surface area contributed by atoms with Crippen molar-refractivity contribution in [2.45, 2.75) is 57.0 Å². The minimum atomic E-state index is -1.07. The van der Waals surface area contributed by atoms with Gasteiger partial charge in [0.25, 0.3) is 0 Å². The van der Waals surface area contributed by atoms with Crippen LogP contribution in [0, 0.1) is 0 Å². The highest BCUT2D eigenvalue weighted by molar-refractivity contribution is 7.99. The summed E-state index contributed by atoms with van der Waals surface area (Å²) < 4.78 is 23.5. The lowest BCUT2D eigenvalue weighted by Crippen LogP contribution is -2.57. The number of carbonyl (C=O) groups is 3. The summed E-state index contributed by atoms with van der Waals surface area (Å²) in [4.78, 5) is 36.8. The van der Waals surface area contributed by atoms with Crippen LogP contribution >= 0.6 is 46.3 Å². The first kappa shape index (κ1) is 26.8. The summed E-state index contributed by atoms with van der Waals surface area (Å²) >= 11 is 15.3. The van der Waals surface area contributed by atoms with Crippen molar-refractivity contribution in [2.75, 3.05) is 6.26 Å². The number of benzene rings is 1. The average Bonchev–Trinajstić information content (AvgIpc) is 3.16. The molecule has 0 radical (unpaired) electrons. The Balaban J connectivity index is 2.03. The second-order valence-electron chi connectivity index (χ2n) is 7.62. The molecule has 11 heteroatoms. The molecule has 0 N–H and O–H groups in total. The lowest BCUT2D eigenvalue weighted by Gasteiger charge is -2.44. The second-order valence-corrected chi connectivity index (χ2v) is 10.8. The van der Waals surface area contributed by atoms with Crippen molar-refractivity contribution < 1.29 is 33.3 Å². The van der Waals surface area contributed by atoms with Gasteiger partial charge < -0.3 is 18.9 Å².